The zero-order chi connectivity index (χ0) is 19.2. The molecule has 6 nitrogen and oxygen atoms in total. The molecule has 2 unspecified atom stereocenters. The van der Waals surface area contributed by atoms with Crippen LogP contribution >= 0.6 is 0 Å². The molecule has 0 aromatic carbocycles. The number of carbonyl (C=O) groups excluding carboxylic acids is 1. The van der Waals surface area contributed by atoms with E-state index in [1.807, 2.05) is 20.8 Å². The minimum atomic E-state index is -0.360. The monoisotopic (exact) mass is 366 g/mol. The second kappa shape index (κ2) is 9.07. The van der Waals surface area contributed by atoms with E-state index in [1.165, 1.54) is 25.7 Å². The maximum atomic E-state index is 11.9. The summed E-state index contributed by atoms with van der Waals surface area (Å²) >= 11 is 0. The van der Waals surface area contributed by atoms with Crippen LogP contribution < -0.4 is 16.0 Å². The fourth-order valence-electron chi connectivity index (χ4n) is 4.18. The van der Waals surface area contributed by atoms with Gasteiger partial charge in [0.2, 0.25) is 5.91 Å². The molecule has 0 heterocycles. The van der Waals surface area contributed by atoms with Crippen LogP contribution in [0.5, 0.6) is 0 Å². The predicted octanol–water partition coefficient (Wildman–Crippen LogP) is 2.44. The lowest BCUT2D eigenvalue weighted by atomic mass is 9.60. The molecule has 26 heavy (non-hydrogen) atoms. The van der Waals surface area contributed by atoms with Gasteiger partial charge in [-0.1, -0.05) is 33.6 Å². The van der Waals surface area contributed by atoms with E-state index < -0.39 is 0 Å². The number of hydrogen-bond acceptors (Lipinski definition) is 3. The van der Waals surface area contributed by atoms with E-state index in [2.05, 4.69) is 34.8 Å². The Kier molecular flexibility index (Phi) is 7.33. The molecule has 2 fully saturated rings. The van der Waals surface area contributed by atoms with Crippen LogP contribution in [0.2, 0.25) is 0 Å². The molecular weight excluding hydrogens is 328 g/mol. The molecule has 1 amide bonds. The third kappa shape index (κ3) is 4.90. The fraction of sp³-hybridized carbons (Fsp3) is 0.900. The second-order valence-corrected chi connectivity index (χ2v) is 8.58. The summed E-state index contributed by atoms with van der Waals surface area (Å²) in [5.41, 5.74) is -0.0752. The minimum Gasteiger partial charge on any atom is -0.378 e. The molecule has 2 aliphatic rings. The van der Waals surface area contributed by atoms with E-state index in [0.29, 0.717) is 25.2 Å². The maximum absolute atomic E-state index is 11.9. The van der Waals surface area contributed by atoms with Gasteiger partial charge in [-0.25, -0.2) is 0 Å². The van der Waals surface area contributed by atoms with E-state index in [0.717, 1.165) is 25.5 Å². The molecule has 0 aliphatic heterocycles. The van der Waals surface area contributed by atoms with Crippen LogP contribution in [-0.2, 0) is 9.53 Å². The lowest BCUT2D eigenvalue weighted by molar-refractivity contribution is -0.128. The van der Waals surface area contributed by atoms with Crippen LogP contribution in [0.15, 0.2) is 4.99 Å². The van der Waals surface area contributed by atoms with Crippen LogP contribution in [-0.4, -0.2) is 50.3 Å². The predicted molar refractivity (Wildman–Crippen MR) is 106 cm³/mol. The van der Waals surface area contributed by atoms with Crippen molar-refractivity contribution in [1.29, 1.82) is 0 Å². The molecular formula is C20H38N4O2. The molecule has 2 aliphatic carbocycles. The smallest absolute Gasteiger partial charge is 0.225 e. The van der Waals surface area contributed by atoms with E-state index in [9.17, 15) is 4.79 Å². The Labute approximate surface area is 158 Å². The Balaban J connectivity index is 1.88. The number of aliphatic imine (C=N–C) groups is 1. The number of nitrogens with one attached hydrogen (secondary N) is 3. The first kappa shape index (κ1) is 21.0. The molecule has 0 aromatic rings. The topological polar surface area (TPSA) is 74.8 Å². The zero-order valence-electron chi connectivity index (χ0n) is 17.3. The van der Waals surface area contributed by atoms with Crippen LogP contribution in [0, 0.1) is 10.8 Å². The SMILES string of the molecule is CCNC(=NCCNC(=O)C(C)(C)C)NC1CC(OCC)C12CCCC2. The molecule has 150 valence electrons. The summed E-state index contributed by atoms with van der Waals surface area (Å²) in [4.78, 5) is 16.6. The Morgan fingerprint density at radius 2 is 1.88 bits per heavy atom. The van der Waals surface area contributed by atoms with Crippen molar-refractivity contribution < 1.29 is 9.53 Å². The van der Waals surface area contributed by atoms with Gasteiger partial charge in [-0.05, 0) is 33.1 Å². The van der Waals surface area contributed by atoms with E-state index in [1.54, 1.807) is 0 Å². The third-order valence-electron chi connectivity index (χ3n) is 5.69. The van der Waals surface area contributed by atoms with Crippen molar-refractivity contribution in [3.8, 4) is 0 Å². The number of amides is 1. The summed E-state index contributed by atoms with van der Waals surface area (Å²) in [6.45, 7) is 12.7. The van der Waals surface area contributed by atoms with Gasteiger partial charge in [0, 0.05) is 36.6 Å². The van der Waals surface area contributed by atoms with Gasteiger partial charge in [0.15, 0.2) is 5.96 Å². The molecule has 1 spiro atoms. The van der Waals surface area contributed by atoms with E-state index in [4.69, 9.17) is 4.74 Å². The highest BCUT2D eigenvalue weighted by Crippen LogP contribution is 2.54. The normalized spacial score (nSPS) is 25.0. The third-order valence-corrected chi connectivity index (χ3v) is 5.69. The number of ether oxygens (including phenoxy) is 1. The highest BCUT2D eigenvalue weighted by molar-refractivity contribution is 5.82. The number of hydrogen-bond donors (Lipinski definition) is 3. The van der Waals surface area contributed by atoms with E-state index >= 15 is 0 Å². The molecule has 2 rings (SSSR count). The molecule has 2 saturated carbocycles. The Morgan fingerprint density at radius 3 is 2.46 bits per heavy atom. The standard InChI is InChI=1S/C20H38N4O2/c1-6-21-18(23-13-12-22-17(25)19(3,4)5)24-15-14-16(26-7-2)20(15)10-8-9-11-20/h15-16H,6-14H2,1-5H3,(H,22,25)(H2,21,23,24). The molecule has 2 atom stereocenters. The average molecular weight is 367 g/mol. The van der Waals surface area contributed by atoms with Crippen LogP contribution in [0.25, 0.3) is 0 Å². The van der Waals surface area contributed by atoms with Crippen molar-refractivity contribution in [3.05, 3.63) is 0 Å². The van der Waals surface area contributed by atoms with Gasteiger partial charge < -0.3 is 20.7 Å². The van der Waals surface area contributed by atoms with Gasteiger partial charge in [-0.2, -0.15) is 0 Å². The Morgan fingerprint density at radius 1 is 1.19 bits per heavy atom. The zero-order valence-corrected chi connectivity index (χ0v) is 17.3. The van der Waals surface area contributed by atoms with Crippen LogP contribution in [0.4, 0.5) is 0 Å². The number of carbonyl (C=O) groups is 1. The van der Waals surface area contributed by atoms with Crippen molar-refractivity contribution in [2.45, 2.75) is 78.9 Å². The first-order chi connectivity index (χ1) is 12.3. The van der Waals surface area contributed by atoms with Gasteiger partial charge in [-0.15, -0.1) is 0 Å². The van der Waals surface area contributed by atoms with Crippen molar-refractivity contribution in [3.63, 3.8) is 0 Å². The molecule has 0 radical (unpaired) electrons. The van der Waals surface area contributed by atoms with Crippen molar-refractivity contribution in [2.75, 3.05) is 26.2 Å². The molecule has 0 saturated heterocycles. The second-order valence-electron chi connectivity index (χ2n) is 8.58. The summed E-state index contributed by atoms with van der Waals surface area (Å²) in [5, 5.41) is 9.93. The summed E-state index contributed by atoms with van der Waals surface area (Å²) in [6.07, 6.45) is 6.54. The summed E-state index contributed by atoms with van der Waals surface area (Å²) in [7, 11) is 0. The number of guanidine groups is 1. The van der Waals surface area contributed by atoms with Crippen LogP contribution in [0.1, 0.15) is 66.7 Å². The Bertz CT molecular complexity index is 493. The van der Waals surface area contributed by atoms with Gasteiger partial charge in [0.25, 0.3) is 0 Å². The Hall–Kier alpha value is -1.30. The van der Waals surface area contributed by atoms with E-state index in [-0.39, 0.29) is 16.7 Å². The van der Waals surface area contributed by atoms with Crippen molar-refractivity contribution in [2.24, 2.45) is 15.8 Å². The minimum absolute atomic E-state index is 0.0640. The molecule has 0 aromatic heterocycles. The molecule has 6 heteroatoms. The summed E-state index contributed by atoms with van der Waals surface area (Å²) in [5.74, 6) is 0.915. The lowest BCUT2D eigenvalue weighted by Crippen LogP contribution is -2.65. The highest BCUT2D eigenvalue weighted by atomic mass is 16.5. The van der Waals surface area contributed by atoms with Gasteiger partial charge in [0.05, 0.1) is 12.6 Å². The summed E-state index contributed by atoms with van der Waals surface area (Å²) in [6, 6.07) is 0.434. The molecule has 3 N–H and O–H groups in total. The summed E-state index contributed by atoms with van der Waals surface area (Å²) < 4.78 is 6.00. The maximum Gasteiger partial charge on any atom is 0.225 e. The van der Waals surface area contributed by atoms with Crippen molar-refractivity contribution >= 4 is 11.9 Å². The number of nitrogens with zero attached hydrogens (tertiary/aromatic N) is 1. The first-order valence-electron chi connectivity index (χ1n) is 10.3. The highest BCUT2D eigenvalue weighted by Gasteiger charge is 2.56. The molecule has 0 bridgehead atoms. The quantitative estimate of drug-likeness (QED) is 0.367. The first-order valence-corrected chi connectivity index (χ1v) is 10.3. The number of rotatable bonds is 7. The lowest BCUT2D eigenvalue weighted by Gasteiger charge is -2.54. The van der Waals surface area contributed by atoms with Crippen LogP contribution in [0.3, 0.4) is 0 Å². The van der Waals surface area contributed by atoms with Gasteiger partial charge in [-0.3, -0.25) is 9.79 Å². The average Bonchev–Trinajstić information content (AvgIpc) is 3.09. The van der Waals surface area contributed by atoms with Crippen molar-refractivity contribution in [1.82, 2.24) is 16.0 Å². The largest absolute Gasteiger partial charge is 0.378 e. The van der Waals surface area contributed by atoms with Gasteiger partial charge >= 0.3 is 0 Å². The fourth-order valence-corrected chi connectivity index (χ4v) is 4.18. The van der Waals surface area contributed by atoms with Gasteiger partial charge in [0.1, 0.15) is 0 Å².